The third kappa shape index (κ3) is 7.79. The second-order valence-electron chi connectivity index (χ2n) is 7.34. The SMILES string of the molecule is CCCOc1ccccc1CCCNC(=O)C(C)Oc1ccc(N(C)S(C)(=O)=O)cc1. The molecule has 1 atom stereocenters. The van der Waals surface area contributed by atoms with Gasteiger partial charge in [0.2, 0.25) is 10.0 Å². The minimum Gasteiger partial charge on any atom is -0.493 e. The lowest BCUT2D eigenvalue weighted by atomic mass is 10.1. The zero-order valence-corrected chi connectivity index (χ0v) is 19.4. The fourth-order valence-electron chi connectivity index (χ4n) is 2.88. The first-order chi connectivity index (χ1) is 14.7. The number of anilines is 1. The molecule has 31 heavy (non-hydrogen) atoms. The minimum atomic E-state index is -3.33. The molecule has 0 saturated carbocycles. The Hall–Kier alpha value is -2.74. The van der Waals surface area contributed by atoms with Crippen LogP contribution in [0.25, 0.3) is 0 Å². The molecule has 0 radical (unpaired) electrons. The summed E-state index contributed by atoms with van der Waals surface area (Å²) in [6, 6.07) is 14.5. The number of carbonyl (C=O) groups is 1. The zero-order chi connectivity index (χ0) is 22.9. The summed E-state index contributed by atoms with van der Waals surface area (Å²) in [5.74, 6) is 1.19. The Balaban J connectivity index is 1.79. The highest BCUT2D eigenvalue weighted by Crippen LogP contribution is 2.21. The molecule has 1 amide bonds. The number of rotatable bonds is 12. The van der Waals surface area contributed by atoms with E-state index in [0.717, 1.165) is 36.8 Å². The lowest BCUT2D eigenvalue weighted by molar-refractivity contribution is -0.127. The van der Waals surface area contributed by atoms with Gasteiger partial charge in [0.25, 0.3) is 5.91 Å². The molecular weight excluding hydrogens is 416 g/mol. The van der Waals surface area contributed by atoms with Crippen LogP contribution in [-0.4, -0.2) is 46.9 Å². The van der Waals surface area contributed by atoms with Gasteiger partial charge in [-0.25, -0.2) is 8.42 Å². The summed E-state index contributed by atoms with van der Waals surface area (Å²) in [4.78, 5) is 12.3. The van der Waals surface area contributed by atoms with E-state index in [0.29, 0.717) is 24.6 Å². The third-order valence-electron chi connectivity index (χ3n) is 4.74. The highest BCUT2D eigenvalue weighted by atomic mass is 32.2. The Bertz CT molecular complexity index is 945. The van der Waals surface area contributed by atoms with Gasteiger partial charge in [-0.05, 0) is 62.1 Å². The Labute approximate surface area is 185 Å². The number of hydrogen-bond donors (Lipinski definition) is 1. The highest BCUT2D eigenvalue weighted by molar-refractivity contribution is 7.92. The fraction of sp³-hybridized carbons (Fsp3) is 0.435. The van der Waals surface area contributed by atoms with Crippen LogP contribution >= 0.6 is 0 Å². The Morgan fingerprint density at radius 3 is 2.45 bits per heavy atom. The average molecular weight is 449 g/mol. The van der Waals surface area contributed by atoms with Gasteiger partial charge in [-0.15, -0.1) is 0 Å². The molecule has 2 aromatic rings. The monoisotopic (exact) mass is 448 g/mol. The maximum Gasteiger partial charge on any atom is 0.260 e. The van der Waals surface area contributed by atoms with Crippen molar-refractivity contribution in [2.45, 2.75) is 39.2 Å². The first kappa shape index (κ1) is 24.5. The average Bonchev–Trinajstić information content (AvgIpc) is 2.75. The smallest absolute Gasteiger partial charge is 0.260 e. The topological polar surface area (TPSA) is 84.9 Å². The second-order valence-corrected chi connectivity index (χ2v) is 9.35. The van der Waals surface area contributed by atoms with Crippen LogP contribution in [0.4, 0.5) is 5.69 Å². The molecule has 0 fully saturated rings. The molecule has 0 aliphatic heterocycles. The Morgan fingerprint density at radius 2 is 1.81 bits per heavy atom. The van der Waals surface area contributed by atoms with Crippen molar-refractivity contribution in [3.63, 3.8) is 0 Å². The predicted octanol–water partition coefficient (Wildman–Crippen LogP) is 3.39. The summed E-state index contributed by atoms with van der Waals surface area (Å²) >= 11 is 0. The van der Waals surface area contributed by atoms with E-state index >= 15 is 0 Å². The maximum atomic E-state index is 12.3. The number of hydrogen-bond acceptors (Lipinski definition) is 5. The summed E-state index contributed by atoms with van der Waals surface area (Å²) in [6.45, 7) is 4.98. The van der Waals surface area contributed by atoms with E-state index in [1.807, 2.05) is 24.3 Å². The highest BCUT2D eigenvalue weighted by Gasteiger charge is 2.15. The molecule has 0 aromatic heterocycles. The Kier molecular flexibility index (Phi) is 9.18. The minimum absolute atomic E-state index is 0.201. The fourth-order valence-corrected chi connectivity index (χ4v) is 3.39. The molecule has 0 heterocycles. The number of nitrogens with one attached hydrogen (secondary N) is 1. The van der Waals surface area contributed by atoms with Crippen LogP contribution in [-0.2, 0) is 21.2 Å². The number of ether oxygens (including phenoxy) is 2. The summed E-state index contributed by atoms with van der Waals surface area (Å²) in [5, 5.41) is 2.89. The quantitative estimate of drug-likeness (QED) is 0.503. The lowest BCUT2D eigenvalue weighted by Gasteiger charge is -2.18. The van der Waals surface area contributed by atoms with E-state index in [2.05, 4.69) is 12.2 Å². The first-order valence-electron chi connectivity index (χ1n) is 10.4. The van der Waals surface area contributed by atoms with E-state index in [9.17, 15) is 13.2 Å². The molecule has 2 aromatic carbocycles. The van der Waals surface area contributed by atoms with Crippen LogP contribution in [0.2, 0.25) is 0 Å². The van der Waals surface area contributed by atoms with Gasteiger partial charge >= 0.3 is 0 Å². The molecular formula is C23H32N2O5S. The van der Waals surface area contributed by atoms with E-state index in [1.54, 1.807) is 31.2 Å². The molecule has 0 aliphatic carbocycles. The molecule has 0 spiro atoms. The first-order valence-corrected chi connectivity index (χ1v) is 12.3. The van der Waals surface area contributed by atoms with Gasteiger partial charge in [0.1, 0.15) is 11.5 Å². The van der Waals surface area contributed by atoms with Gasteiger partial charge in [-0.1, -0.05) is 25.1 Å². The number of carbonyl (C=O) groups excluding carboxylic acids is 1. The number of amides is 1. The number of aryl methyl sites for hydroxylation is 1. The number of benzene rings is 2. The van der Waals surface area contributed by atoms with Crippen molar-refractivity contribution in [1.82, 2.24) is 5.32 Å². The van der Waals surface area contributed by atoms with Gasteiger partial charge in [0.05, 0.1) is 18.6 Å². The third-order valence-corrected chi connectivity index (χ3v) is 5.94. The number of nitrogens with zero attached hydrogens (tertiary/aromatic N) is 1. The van der Waals surface area contributed by atoms with Crippen LogP contribution < -0.4 is 19.1 Å². The number of para-hydroxylation sites is 1. The summed E-state index contributed by atoms with van der Waals surface area (Å²) < 4.78 is 35.8. The maximum absolute atomic E-state index is 12.3. The van der Waals surface area contributed by atoms with Crippen molar-refractivity contribution in [3.05, 3.63) is 54.1 Å². The van der Waals surface area contributed by atoms with Crippen molar-refractivity contribution < 1.29 is 22.7 Å². The summed E-state index contributed by atoms with van der Waals surface area (Å²) in [6.07, 6.45) is 3.03. The summed E-state index contributed by atoms with van der Waals surface area (Å²) in [5.41, 5.74) is 1.66. The van der Waals surface area contributed by atoms with Gasteiger partial charge in [-0.3, -0.25) is 9.10 Å². The van der Waals surface area contributed by atoms with E-state index in [1.165, 1.54) is 11.4 Å². The van der Waals surface area contributed by atoms with Crippen LogP contribution in [0.15, 0.2) is 48.5 Å². The largest absolute Gasteiger partial charge is 0.493 e. The van der Waals surface area contributed by atoms with Crippen LogP contribution in [0.1, 0.15) is 32.3 Å². The van der Waals surface area contributed by atoms with Crippen LogP contribution in [0.5, 0.6) is 11.5 Å². The van der Waals surface area contributed by atoms with E-state index in [4.69, 9.17) is 9.47 Å². The van der Waals surface area contributed by atoms with Gasteiger partial charge in [0, 0.05) is 13.6 Å². The van der Waals surface area contributed by atoms with Crippen molar-refractivity contribution in [3.8, 4) is 11.5 Å². The molecule has 0 saturated heterocycles. The van der Waals surface area contributed by atoms with Crippen LogP contribution in [0.3, 0.4) is 0 Å². The second kappa shape index (κ2) is 11.6. The van der Waals surface area contributed by atoms with Crippen molar-refractivity contribution in [2.75, 3.05) is 30.8 Å². The molecule has 1 N–H and O–H groups in total. The molecule has 8 heteroatoms. The normalized spacial score (nSPS) is 12.1. The molecule has 0 bridgehead atoms. The molecule has 1 unspecified atom stereocenters. The number of sulfonamides is 1. The van der Waals surface area contributed by atoms with E-state index < -0.39 is 16.1 Å². The zero-order valence-electron chi connectivity index (χ0n) is 18.6. The lowest BCUT2D eigenvalue weighted by Crippen LogP contribution is -2.37. The van der Waals surface area contributed by atoms with E-state index in [-0.39, 0.29) is 5.91 Å². The molecule has 2 rings (SSSR count). The standard InChI is InChI=1S/C23H32N2O5S/c1-5-17-29-22-11-7-6-9-19(22)10-8-16-24-23(26)18(2)30-21-14-12-20(13-15-21)25(3)31(4,27)28/h6-7,9,11-15,18H,5,8,10,16-17H2,1-4H3,(H,24,26). The van der Waals surface area contributed by atoms with Crippen LogP contribution in [0, 0.1) is 0 Å². The van der Waals surface area contributed by atoms with Crippen molar-refractivity contribution >= 4 is 21.6 Å². The Morgan fingerprint density at radius 1 is 1.13 bits per heavy atom. The van der Waals surface area contributed by atoms with Gasteiger partial charge in [0.15, 0.2) is 6.10 Å². The molecule has 0 aliphatic rings. The summed E-state index contributed by atoms with van der Waals surface area (Å²) in [7, 11) is -1.84. The predicted molar refractivity (Wildman–Crippen MR) is 123 cm³/mol. The van der Waals surface area contributed by atoms with Crippen molar-refractivity contribution in [2.24, 2.45) is 0 Å². The van der Waals surface area contributed by atoms with Crippen molar-refractivity contribution in [1.29, 1.82) is 0 Å². The molecule has 170 valence electrons. The van der Waals surface area contributed by atoms with Gasteiger partial charge in [-0.2, -0.15) is 0 Å². The molecule has 7 nitrogen and oxygen atoms in total. The van der Waals surface area contributed by atoms with Gasteiger partial charge < -0.3 is 14.8 Å².